The van der Waals surface area contributed by atoms with E-state index in [0.29, 0.717) is 17.9 Å². The third-order valence-corrected chi connectivity index (χ3v) is 4.85. The Morgan fingerprint density at radius 1 is 1.32 bits per heavy atom. The third-order valence-electron chi connectivity index (χ3n) is 4.85. The Hall–Kier alpha value is -3.75. The number of anilines is 2. The van der Waals surface area contributed by atoms with Gasteiger partial charge in [-0.1, -0.05) is 0 Å². The number of carbonyl (C=O) groups excluding carboxylic acids is 2. The zero-order valence-electron chi connectivity index (χ0n) is 17.8. The van der Waals surface area contributed by atoms with Crippen LogP contribution in [0.4, 0.5) is 11.5 Å². The van der Waals surface area contributed by atoms with E-state index in [2.05, 4.69) is 27.1 Å². The summed E-state index contributed by atoms with van der Waals surface area (Å²) in [5, 5.41) is 7.18. The highest BCUT2D eigenvalue weighted by molar-refractivity contribution is 5.97. The minimum atomic E-state index is -0.235. The Balaban J connectivity index is 1.54. The molecule has 9 heteroatoms. The lowest BCUT2D eigenvalue weighted by molar-refractivity contribution is -0.122. The quantitative estimate of drug-likeness (QED) is 0.526. The van der Waals surface area contributed by atoms with E-state index < -0.39 is 0 Å². The molecule has 0 aromatic carbocycles. The number of nitrogens with two attached hydrogens (primary N) is 1. The molecular weight excluding hydrogens is 394 g/mol. The van der Waals surface area contributed by atoms with Gasteiger partial charge in [-0.25, -0.2) is 4.68 Å². The van der Waals surface area contributed by atoms with Crippen molar-refractivity contribution < 1.29 is 9.59 Å². The zero-order chi connectivity index (χ0) is 22.4. The predicted molar refractivity (Wildman–Crippen MR) is 122 cm³/mol. The zero-order valence-corrected chi connectivity index (χ0v) is 17.8. The van der Waals surface area contributed by atoms with Crippen LogP contribution in [0.5, 0.6) is 0 Å². The number of hydrogen-bond donors (Lipinski definition) is 2. The lowest BCUT2D eigenvalue weighted by atomic mass is 10.1. The first kappa shape index (κ1) is 21.9. The molecule has 3 N–H and O–H groups in total. The van der Waals surface area contributed by atoms with Crippen molar-refractivity contribution in [3.63, 3.8) is 0 Å². The fourth-order valence-corrected chi connectivity index (χ4v) is 3.41. The summed E-state index contributed by atoms with van der Waals surface area (Å²) in [7, 11) is 0. The third kappa shape index (κ3) is 5.65. The molecule has 0 saturated heterocycles. The smallest absolute Gasteiger partial charge is 0.228 e. The second-order valence-electron chi connectivity index (χ2n) is 7.39. The SMILES string of the molecule is C=N/C=C(N)\C=C(/C)c1ccc(NC(=O)CCC(=O)N2CCCn3nc(C)cc32)cn1. The molecule has 2 aromatic heterocycles. The topological polar surface area (TPSA) is 118 Å². The van der Waals surface area contributed by atoms with Crippen molar-refractivity contribution in [2.75, 3.05) is 16.8 Å². The molecule has 0 saturated carbocycles. The minimum absolute atomic E-state index is 0.0788. The highest BCUT2D eigenvalue weighted by Gasteiger charge is 2.24. The molecule has 9 nitrogen and oxygen atoms in total. The van der Waals surface area contributed by atoms with Crippen LogP contribution >= 0.6 is 0 Å². The van der Waals surface area contributed by atoms with Crippen molar-refractivity contribution in [2.45, 2.75) is 39.7 Å². The van der Waals surface area contributed by atoms with Gasteiger partial charge >= 0.3 is 0 Å². The monoisotopic (exact) mass is 421 g/mol. The predicted octanol–water partition coefficient (Wildman–Crippen LogP) is 2.65. The molecule has 0 spiro atoms. The molecule has 0 radical (unpaired) electrons. The van der Waals surface area contributed by atoms with Crippen molar-refractivity contribution in [1.29, 1.82) is 0 Å². The van der Waals surface area contributed by atoms with Crippen LogP contribution in [0.1, 0.15) is 37.6 Å². The summed E-state index contributed by atoms with van der Waals surface area (Å²) in [6, 6.07) is 5.45. The molecule has 2 amide bonds. The van der Waals surface area contributed by atoms with E-state index in [1.165, 1.54) is 6.20 Å². The van der Waals surface area contributed by atoms with E-state index in [0.717, 1.165) is 35.7 Å². The molecule has 0 unspecified atom stereocenters. The molecule has 31 heavy (non-hydrogen) atoms. The maximum atomic E-state index is 12.6. The summed E-state index contributed by atoms with van der Waals surface area (Å²) in [6.07, 6.45) is 5.85. The van der Waals surface area contributed by atoms with Gasteiger partial charge in [0.1, 0.15) is 5.82 Å². The minimum Gasteiger partial charge on any atom is -0.397 e. The number of carbonyl (C=O) groups is 2. The maximum absolute atomic E-state index is 12.6. The number of fused-ring (bicyclic) bond motifs is 1. The van der Waals surface area contributed by atoms with Crippen LogP contribution in [0.25, 0.3) is 5.57 Å². The molecule has 1 aliphatic rings. The molecule has 0 atom stereocenters. The summed E-state index contributed by atoms with van der Waals surface area (Å²) >= 11 is 0. The van der Waals surface area contributed by atoms with Gasteiger partial charge in [0.15, 0.2) is 0 Å². The Kier molecular flexibility index (Phi) is 6.96. The van der Waals surface area contributed by atoms with Gasteiger partial charge in [-0.15, -0.1) is 0 Å². The fraction of sp³-hybridized carbons (Fsp3) is 0.318. The molecule has 1 aliphatic heterocycles. The Morgan fingerprint density at radius 2 is 2.13 bits per heavy atom. The van der Waals surface area contributed by atoms with Crippen molar-refractivity contribution >= 4 is 35.6 Å². The second-order valence-corrected chi connectivity index (χ2v) is 7.39. The molecular formula is C22H27N7O2. The van der Waals surface area contributed by atoms with Crippen LogP contribution < -0.4 is 16.0 Å². The summed E-state index contributed by atoms with van der Waals surface area (Å²) in [6.45, 7) is 8.60. The summed E-state index contributed by atoms with van der Waals surface area (Å²) in [4.78, 5) is 34.6. The highest BCUT2D eigenvalue weighted by atomic mass is 16.2. The second kappa shape index (κ2) is 9.84. The van der Waals surface area contributed by atoms with Crippen LogP contribution in [0.3, 0.4) is 0 Å². The van der Waals surface area contributed by atoms with Gasteiger partial charge in [0, 0.05) is 38.2 Å². The highest BCUT2D eigenvalue weighted by Crippen LogP contribution is 2.22. The maximum Gasteiger partial charge on any atom is 0.228 e. The van der Waals surface area contributed by atoms with E-state index in [9.17, 15) is 9.59 Å². The lowest BCUT2D eigenvalue weighted by Gasteiger charge is -2.27. The number of hydrogen-bond acceptors (Lipinski definition) is 6. The molecule has 2 aromatic rings. The number of rotatable bonds is 7. The van der Waals surface area contributed by atoms with E-state index >= 15 is 0 Å². The van der Waals surface area contributed by atoms with Crippen molar-refractivity contribution in [3.8, 4) is 0 Å². The van der Waals surface area contributed by atoms with E-state index in [4.69, 9.17) is 5.73 Å². The molecule has 0 aliphatic carbocycles. The normalized spacial score (nSPS) is 14.2. The fourth-order valence-electron chi connectivity index (χ4n) is 3.41. The standard InChI is InChI=1S/C22H27N7O2/c1-15(11-17(23)13-24-3)19-6-5-18(14-25-19)26-20(30)7-8-22(31)28-9-4-10-29-21(28)12-16(2)27-29/h5-6,11-14H,3-4,7-10,23H2,1-2H3,(H,26,30)/b15-11+,17-13+. The summed E-state index contributed by atoms with van der Waals surface area (Å²) < 4.78 is 1.85. The summed E-state index contributed by atoms with van der Waals surface area (Å²) in [5.74, 6) is 0.489. The van der Waals surface area contributed by atoms with Crippen LogP contribution in [-0.2, 0) is 16.1 Å². The first-order valence-corrected chi connectivity index (χ1v) is 10.1. The van der Waals surface area contributed by atoms with Crippen LogP contribution in [0.2, 0.25) is 0 Å². The first-order valence-electron chi connectivity index (χ1n) is 10.1. The van der Waals surface area contributed by atoms with Crippen LogP contribution in [-0.4, -0.2) is 39.8 Å². The molecule has 0 bridgehead atoms. The lowest BCUT2D eigenvalue weighted by Crippen LogP contribution is -2.37. The van der Waals surface area contributed by atoms with Gasteiger partial charge in [0.05, 0.1) is 29.0 Å². The Bertz CT molecular complexity index is 1030. The number of aliphatic imine (C=N–C) groups is 1. The van der Waals surface area contributed by atoms with Crippen molar-refractivity contribution in [3.05, 3.63) is 53.8 Å². The Labute approximate surface area is 181 Å². The van der Waals surface area contributed by atoms with Gasteiger partial charge in [0.2, 0.25) is 11.8 Å². The van der Waals surface area contributed by atoms with Gasteiger partial charge in [-0.05, 0) is 50.8 Å². The molecule has 3 rings (SSSR count). The van der Waals surface area contributed by atoms with Crippen molar-refractivity contribution in [2.24, 2.45) is 10.7 Å². The first-order chi connectivity index (χ1) is 14.9. The number of amides is 2. The van der Waals surface area contributed by atoms with Crippen molar-refractivity contribution in [1.82, 2.24) is 14.8 Å². The molecule has 0 fully saturated rings. The van der Waals surface area contributed by atoms with E-state index in [1.54, 1.807) is 29.3 Å². The summed E-state index contributed by atoms with van der Waals surface area (Å²) in [5.41, 5.74) is 9.29. The van der Waals surface area contributed by atoms with E-state index in [-0.39, 0.29) is 24.7 Å². The number of aryl methyl sites for hydroxylation is 2. The Morgan fingerprint density at radius 3 is 2.84 bits per heavy atom. The van der Waals surface area contributed by atoms with Gasteiger partial charge < -0.3 is 11.1 Å². The average molecular weight is 422 g/mol. The number of nitrogens with one attached hydrogen (secondary N) is 1. The number of nitrogens with zero attached hydrogens (tertiary/aromatic N) is 5. The number of allylic oxidation sites excluding steroid dienone is 2. The molecule has 162 valence electrons. The molecule has 3 heterocycles. The van der Waals surface area contributed by atoms with Gasteiger partial charge in [-0.2, -0.15) is 5.10 Å². The van der Waals surface area contributed by atoms with Gasteiger partial charge in [0.25, 0.3) is 0 Å². The van der Waals surface area contributed by atoms with Crippen LogP contribution in [0.15, 0.2) is 47.4 Å². The van der Waals surface area contributed by atoms with Gasteiger partial charge in [-0.3, -0.25) is 24.5 Å². The number of pyridine rings is 1. The largest absolute Gasteiger partial charge is 0.397 e. The van der Waals surface area contributed by atoms with E-state index in [1.807, 2.05) is 24.6 Å². The average Bonchev–Trinajstić information content (AvgIpc) is 3.12. The number of aromatic nitrogens is 3. The van der Waals surface area contributed by atoms with Crippen LogP contribution in [0, 0.1) is 6.92 Å².